The standard InChI is InChI=1S/C16H26N2O4S/c1-12(2)10-17-23(20,21)14-8-6-13(7-9-14)22-11-15(19)18-16(3,4)5/h6-9,12,17H,10-11H2,1-5H3,(H,18,19). The quantitative estimate of drug-likeness (QED) is 0.793. The molecule has 0 aliphatic heterocycles. The van der Waals surface area contributed by atoms with E-state index in [2.05, 4.69) is 10.0 Å². The number of hydrogen-bond donors (Lipinski definition) is 2. The lowest BCUT2D eigenvalue weighted by molar-refractivity contribution is -0.124. The van der Waals surface area contributed by atoms with Gasteiger partial charge in [0.25, 0.3) is 5.91 Å². The molecule has 0 atom stereocenters. The molecular formula is C16H26N2O4S. The van der Waals surface area contributed by atoms with Crippen LogP contribution in [0.4, 0.5) is 0 Å². The van der Waals surface area contributed by atoms with Crippen molar-refractivity contribution >= 4 is 15.9 Å². The largest absolute Gasteiger partial charge is 0.484 e. The van der Waals surface area contributed by atoms with E-state index in [0.29, 0.717) is 12.3 Å². The lowest BCUT2D eigenvalue weighted by atomic mass is 10.1. The molecule has 0 saturated carbocycles. The highest BCUT2D eigenvalue weighted by Gasteiger charge is 2.15. The molecule has 0 aliphatic rings. The van der Waals surface area contributed by atoms with E-state index in [4.69, 9.17) is 4.74 Å². The molecule has 0 spiro atoms. The van der Waals surface area contributed by atoms with Crippen LogP contribution in [0.25, 0.3) is 0 Å². The Kier molecular flexibility index (Phi) is 6.58. The molecule has 1 aromatic rings. The van der Waals surface area contributed by atoms with Crippen molar-refractivity contribution in [1.29, 1.82) is 0 Å². The van der Waals surface area contributed by atoms with Crippen molar-refractivity contribution in [3.63, 3.8) is 0 Å². The van der Waals surface area contributed by atoms with Crippen molar-refractivity contribution in [2.45, 2.75) is 45.1 Å². The highest BCUT2D eigenvalue weighted by molar-refractivity contribution is 7.89. The minimum Gasteiger partial charge on any atom is -0.484 e. The van der Waals surface area contributed by atoms with Gasteiger partial charge in [-0.1, -0.05) is 13.8 Å². The number of nitrogens with one attached hydrogen (secondary N) is 2. The lowest BCUT2D eigenvalue weighted by Gasteiger charge is -2.20. The van der Waals surface area contributed by atoms with Crippen molar-refractivity contribution < 1.29 is 17.9 Å². The van der Waals surface area contributed by atoms with Crippen molar-refractivity contribution in [1.82, 2.24) is 10.0 Å². The molecule has 0 saturated heterocycles. The monoisotopic (exact) mass is 342 g/mol. The van der Waals surface area contributed by atoms with Crippen molar-refractivity contribution in [2.75, 3.05) is 13.2 Å². The summed E-state index contributed by atoms with van der Waals surface area (Å²) in [7, 11) is -3.51. The average molecular weight is 342 g/mol. The van der Waals surface area contributed by atoms with Crippen LogP contribution in [0.3, 0.4) is 0 Å². The van der Waals surface area contributed by atoms with E-state index in [1.165, 1.54) is 24.3 Å². The van der Waals surface area contributed by atoms with E-state index in [0.717, 1.165) is 0 Å². The Bertz CT molecular complexity index is 616. The van der Waals surface area contributed by atoms with Gasteiger partial charge in [0.15, 0.2) is 6.61 Å². The maximum Gasteiger partial charge on any atom is 0.258 e. The van der Waals surface area contributed by atoms with Crippen LogP contribution in [0.5, 0.6) is 5.75 Å². The van der Waals surface area contributed by atoms with Crippen LogP contribution in [0.2, 0.25) is 0 Å². The minimum atomic E-state index is -3.51. The van der Waals surface area contributed by atoms with Gasteiger partial charge in [0.05, 0.1) is 4.90 Å². The summed E-state index contributed by atoms with van der Waals surface area (Å²) in [5.41, 5.74) is -0.319. The number of amides is 1. The topological polar surface area (TPSA) is 84.5 Å². The number of carbonyl (C=O) groups is 1. The van der Waals surface area contributed by atoms with E-state index < -0.39 is 10.0 Å². The zero-order valence-corrected chi connectivity index (χ0v) is 15.2. The Balaban J connectivity index is 2.61. The van der Waals surface area contributed by atoms with Crippen molar-refractivity contribution in [2.24, 2.45) is 5.92 Å². The van der Waals surface area contributed by atoms with E-state index in [9.17, 15) is 13.2 Å². The second kappa shape index (κ2) is 7.79. The van der Waals surface area contributed by atoms with Gasteiger partial charge in [-0.05, 0) is 51.0 Å². The Labute approximate surface area is 138 Å². The number of ether oxygens (including phenoxy) is 1. The normalized spacial score (nSPS) is 12.3. The van der Waals surface area contributed by atoms with Gasteiger partial charge in [0.2, 0.25) is 10.0 Å². The maximum absolute atomic E-state index is 12.1. The summed E-state index contributed by atoms with van der Waals surface area (Å²) >= 11 is 0. The lowest BCUT2D eigenvalue weighted by Crippen LogP contribution is -2.43. The molecule has 7 heteroatoms. The van der Waals surface area contributed by atoms with Gasteiger partial charge in [-0.3, -0.25) is 4.79 Å². The summed E-state index contributed by atoms with van der Waals surface area (Å²) in [5.74, 6) is 0.443. The van der Waals surface area contributed by atoms with Gasteiger partial charge in [-0.2, -0.15) is 0 Å². The summed E-state index contributed by atoms with van der Waals surface area (Å²) in [6.45, 7) is 9.78. The second-order valence-corrected chi connectivity index (χ2v) is 8.57. The molecule has 0 heterocycles. The molecule has 0 unspecified atom stereocenters. The first-order valence-electron chi connectivity index (χ1n) is 7.53. The zero-order valence-electron chi connectivity index (χ0n) is 14.3. The van der Waals surface area contributed by atoms with Crippen LogP contribution in [0.1, 0.15) is 34.6 Å². The molecule has 1 aromatic carbocycles. The molecule has 0 aliphatic carbocycles. The van der Waals surface area contributed by atoms with Crippen LogP contribution in [0, 0.1) is 5.92 Å². The molecule has 0 bridgehead atoms. The summed E-state index contributed by atoms with van der Waals surface area (Å²) in [6, 6.07) is 5.99. The molecule has 1 rings (SSSR count). The zero-order chi connectivity index (χ0) is 17.7. The predicted octanol–water partition coefficient (Wildman–Crippen LogP) is 1.91. The fraction of sp³-hybridized carbons (Fsp3) is 0.562. The summed E-state index contributed by atoms with van der Waals surface area (Å²) in [6.07, 6.45) is 0. The first kappa shape index (κ1) is 19.4. The predicted molar refractivity (Wildman–Crippen MR) is 89.9 cm³/mol. The fourth-order valence-electron chi connectivity index (χ4n) is 1.68. The molecule has 0 aromatic heterocycles. The summed E-state index contributed by atoms with van der Waals surface area (Å²) < 4.78 is 32.0. The highest BCUT2D eigenvalue weighted by Crippen LogP contribution is 2.16. The van der Waals surface area contributed by atoms with Gasteiger partial charge in [0, 0.05) is 12.1 Å². The summed E-state index contributed by atoms with van der Waals surface area (Å²) in [5, 5.41) is 2.78. The molecule has 23 heavy (non-hydrogen) atoms. The van der Waals surface area contributed by atoms with Crippen molar-refractivity contribution in [3.8, 4) is 5.75 Å². The minimum absolute atomic E-state index is 0.116. The van der Waals surface area contributed by atoms with Crippen LogP contribution < -0.4 is 14.8 Å². The first-order valence-corrected chi connectivity index (χ1v) is 9.01. The molecule has 2 N–H and O–H groups in total. The number of hydrogen-bond acceptors (Lipinski definition) is 4. The molecule has 1 amide bonds. The summed E-state index contributed by atoms with van der Waals surface area (Å²) in [4.78, 5) is 11.8. The van der Waals surface area contributed by atoms with Crippen LogP contribution >= 0.6 is 0 Å². The average Bonchev–Trinajstić information content (AvgIpc) is 2.42. The van der Waals surface area contributed by atoms with Crippen LogP contribution in [0.15, 0.2) is 29.2 Å². The Morgan fingerprint density at radius 2 is 1.74 bits per heavy atom. The van der Waals surface area contributed by atoms with Crippen LogP contribution in [-0.2, 0) is 14.8 Å². The number of sulfonamides is 1. The Morgan fingerprint density at radius 3 is 2.22 bits per heavy atom. The molecule has 0 radical (unpaired) electrons. The molecule has 0 fully saturated rings. The first-order chi connectivity index (χ1) is 10.5. The van der Waals surface area contributed by atoms with Gasteiger partial charge < -0.3 is 10.1 Å². The second-order valence-electron chi connectivity index (χ2n) is 6.80. The molecule has 6 nitrogen and oxygen atoms in total. The third-order valence-corrected chi connectivity index (χ3v) is 4.14. The van der Waals surface area contributed by atoms with Gasteiger partial charge in [-0.25, -0.2) is 13.1 Å². The van der Waals surface area contributed by atoms with E-state index in [1.54, 1.807) is 0 Å². The smallest absolute Gasteiger partial charge is 0.258 e. The number of benzene rings is 1. The molecule has 130 valence electrons. The van der Waals surface area contributed by atoms with Crippen molar-refractivity contribution in [3.05, 3.63) is 24.3 Å². The SMILES string of the molecule is CC(C)CNS(=O)(=O)c1ccc(OCC(=O)NC(C)(C)C)cc1. The fourth-order valence-corrected chi connectivity index (χ4v) is 2.89. The van der Waals surface area contributed by atoms with E-state index >= 15 is 0 Å². The van der Waals surface area contributed by atoms with Gasteiger partial charge in [-0.15, -0.1) is 0 Å². The number of carbonyl (C=O) groups excluding carboxylic acids is 1. The third kappa shape index (κ3) is 7.47. The van der Waals surface area contributed by atoms with E-state index in [1.807, 2.05) is 34.6 Å². The van der Waals surface area contributed by atoms with Gasteiger partial charge in [0.1, 0.15) is 5.75 Å². The van der Waals surface area contributed by atoms with Crippen LogP contribution in [-0.4, -0.2) is 33.0 Å². The highest BCUT2D eigenvalue weighted by atomic mass is 32.2. The maximum atomic E-state index is 12.1. The Morgan fingerprint density at radius 1 is 1.17 bits per heavy atom. The number of rotatable bonds is 7. The third-order valence-electron chi connectivity index (χ3n) is 2.70. The Hall–Kier alpha value is -1.60. The molecular weight excluding hydrogens is 316 g/mol. The van der Waals surface area contributed by atoms with Gasteiger partial charge >= 0.3 is 0 Å². The van der Waals surface area contributed by atoms with E-state index in [-0.39, 0.29) is 28.9 Å².